The second-order valence-electron chi connectivity index (χ2n) is 7.36. The normalized spacial score (nSPS) is 10.9. The Bertz CT molecular complexity index is 1300. The minimum Gasteiger partial charge on any atom is -0.471 e. The molecule has 4 rings (SSSR count). The predicted molar refractivity (Wildman–Crippen MR) is 119 cm³/mol. The van der Waals surface area contributed by atoms with Gasteiger partial charge in [-0.05, 0) is 61.9 Å². The first-order chi connectivity index (χ1) is 15.8. The summed E-state index contributed by atoms with van der Waals surface area (Å²) in [5.74, 6) is -0.679. The molecule has 0 spiro atoms. The molecule has 170 valence electrons. The number of nitrogens with one attached hydrogen (secondary N) is 1. The fourth-order valence-electron chi connectivity index (χ4n) is 3.25. The van der Waals surface area contributed by atoms with Gasteiger partial charge in [0.25, 0.3) is 5.91 Å². The summed E-state index contributed by atoms with van der Waals surface area (Å²) in [4.78, 5) is 12.7. The average molecular weight is 472 g/mol. The van der Waals surface area contributed by atoms with Crippen molar-refractivity contribution < 1.29 is 18.3 Å². The van der Waals surface area contributed by atoms with E-state index in [1.807, 2.05) is 6.92 Å². The Morgan fingerprint density at radius 2 is 1.79 bits per heavy atom. The fraction of sp³-hybridized carbons (Fsp3) is 0.174. The molecule has 1 amide bonds. The summed E-state index contributed by atoms with van der Waals surface area (Å²) in [5, 5.41) is 11.8. The highest BCUT2D eigenvalue weighted by molar-refractivity contribution is 6.31. The lowest BCUT2D eigenvalue weighted by atomic mass is 10.2. The molecule has 1 N–H and O–H groups in total. The lowest BCUT2D eigenvalue weighted by Crippen LogP contribution is -2.15. The SMILES string of the molecule is Cc1nn(Cc2ccc(F)cc2Cl)c(C)c1NC(=O)c1ccn(COc2ccc(F)cc2)n1. The summed E-state index contributed by atoms with van der Waals surface area (Å²) in [6, 6.07) is 11.4. The molecule has 0 saturated heterocycles. The number of amides is 1. The number of aryl methyl sites for hydroxylation is 1. The maximum Gasteiger partial charge on any atom is 0.276 e. The molecule has 0 aliphatic carbocycles. The number of carbonyl (C=O) groups is 1. The minimum absolute atomic E-state index is 0.0628. The van der Waals surface area contributed by atoms with Crippen LogP contribution >= 0.6 is 11.6 Å². The van der Waals surface area contributed by atoms with Crippen LogP contribution in [0.3, 0.4) is 0 Å². The number of nitrogens with zero attached hydrogens (tertiary/aromatic N) is 4. The molecule has 0 aliphatic heterocycles. The van der Waals surface area contributed by atoms with E-state index in [0.717, 1.165) is 5.69 Å². The first-order valence-electron chi connectivity index (χ1n) is 10.0. The van der Waals surface area contributed by atoms with Crippen molar-refractivity contribution in [3.05, 3.63) is 94.0 Å². The molecule has 0 aliphatic rings. The first kappa shape index (κ1) is 22.5. The zero-order chi connectivity index (χ0) is 23.5. The van der Waals surface area contributed by atoms with Gasteiger partial charge in [-0.1, -0.05) is 17.7 Å². The van der Waals surface area contributed by atoms with Crippen LogP contribution in [0.5, 0.6) is 5.75 Å². The number of halogens is 3. The Kier molecular flexibility index (Phi) is 6.41. The fourth-order valence-corrected chi connectivity index (χ4v) is 3.47. The van der Waals surface area contributed by atoms with Gasteiger partial charge in [0.1, 0.15) is 17.4 Å². The van der Waals surface area contributed by atoms with E-state index in [0.29, 0.717) is 34.3 Å². The number of aromatic nitrogens is 4. The van der Waals surface area contributed by atoms with Gasteiger partial charge >= 0.3 is 0 Å². The van der Waals surface area contributed by atoms with Gasteiger partial charge in [-0.15, -0.1) is 0 Å². The van der Waals surface area contributed by atoms with Gasteiger partial charge in [-0.25, -0.2) is 13.5 Å². The van der Waals surface area contributed by atoms with Crippen molar-refractivity contribution in [2.75, 3.05) is 5.32 Å². The maximum atomic E-state index is 13.3. The first-order valence-corrected chi connectivity index (χ1v) is 10.4. The molecule has 0 fully saturated rings. The Labute approximate surface area is 193 Å². The third kappa shape index (κ3) is 5.20. The molecule has 33 heavy (non-hydrogen) atoms. The smallest absolute Gasteiger partial charge is 0.276 e. The van der Waals surface area contributed by atoms with Crippen molar-refractivity contribution >= 4 is 23.2 Å². The lowest BCUT2D eigenvalue weighted by Gasteiger charge is -2.08. The summed E-state index contributed by atoms with van der Waals surface area (Å²) >= 11 is 6.13. The van der Waals surface area contributed by atoms with Crippen molar-refractivity contribution in [1.29, 1.82) is 0 Å². The van der Waals surface area contributed by atoms with Crippen molar-refractivity contribution in [2.24, 2.45) is 0 Å². The third-order valence-corrected chi connectivity index (χ3v) is 5.36. The largest absolute Gasteiger partial charge is 0.471 e. The van der Waals surface area contributed by atoms with Gasteiger partial charge < -0.3 is 10.1 Å². The van der Waals surface area contributed by atoms with Crippen molar-refractivity contribution in [3.8, 4) is 5.75 Å². The van der Waals surface area contributed by atoms with Crippen molar-refractivity contribution in [2.45, 2.75) is 27.1 Å². The van der Waals surface area contributed by atoms with Gasteiger partial charge in [0.15, 0.2) is 12.4 Å². The number of hydrogen-bond donors (Lipinski definition) is 1. The van der Waals surface area contributed by atoms with Crippen LogP contribution in [0.4, 0.5) is 14.5 Å². The number of hydrogen-bond acceptors (Lipinski definition) is 4. The van der Waals surface area contributed by atoms with Gasteiger partial charge in [0.05, 0.1) is 23.6 Å². The second kappa shape index (κ2) is 9.41. The minimum atomic E-state index is -0.410. The van der Waals surface area contributed by atoms with Gasteiger partial charge in [-0.2, -0.15) is 10.2 Å². The van der Waals surface area contributed by atoms with Crippen LogP contribution < -0.4 is 10.1 Å². The molecular formula is C23H20ClF2N5O2. The van der Waals surface area contributed by atoms with E-state index in [4.69, 9.17) is 16.3 Å². The maximum absolute atomic E-state index is 13.3. The highest BCUT2D eigenvalue weighted by atomic mass is 35.5. The topological polar surface area (TPSA) is 74.0 Å². The number of rotatable bonds is 7. The summed E-state index contributed by atoms with van der Waals surface area (Å²) in [6.07, 6.45) is 1.61. The number of benzene rings is 2. The summed E-state index contributed by atoms with van der Waals surface area (Å²) in [5.41, 5.74) is 2.82. The highest BCUT2D eigenvalue weighted by Crippen LogP contribution is 2.24. The van der Waals surface area contributed by atoms with E-state index in [1.54, 1.807) is 29.9 Å². The molecule has 0 bridgehead atoms. The van der Waals surface area contributed by atoms with Crippen LogP contribution in [-0.2, 0) is 13.3 Å². The quantitative estimate of drug-likeness (QED) is 0.413. The van der Waals surface area contributed by atoms with E-state index in [9.17, 15) is 13.6 Å². The standard InChI is InChI=1S/C23H20ClF2N5O2/c1-14-22(15(2)31(28-14)12-16-3-4-18(26)11-20(16)24)27-23(32)21-9-10-30(29-21)13-33-19-7-5-17(25)6-8-19/h3-11H,12-13H2,1-2H3,(H,27,32). The number of anilines is 1. The molecule has 0 saturated carbocycles. The van der Waals surface area contributed by atoms with E-state index in [1.165, 1.54) is 41.1 Å². The molecule has 4 aromatic rings. The zero-order valence-corrected chi connectivity index (χ0v) is 18.6. The zero-order valence-electron chi connectivity index (χ0n) is 17.8. The summed E-state index contributed by atoms with van der Waals surface area (Å²) in [7, 11) is 0. The van der Waals surface area contributed by atoms with E-state index < -0.39 is 11.7 Å². The summed E-state index contributed by atoms with van der Waals surface area (Å²) < 4.78 is 35.0. The van der Waals surface area contributed by atoms with Gasteiger partial charge in [-0.3, -0.25) is 9.48 Å². The van der Waals surface area contributed by atoms with E-state index in [-0.39, 0.29) is 18.2 Å². The van der Waals surface area contributed by atoms with Crippen LogP contribution in [0, 0.1) is 25.5 Å². The van der Waals surface area contributed by atoms with Crippen LogP contribution in [0.15, 0.2) is 54.7 Å². The second-order valence-corrected chi connectivity index (χ2v) is 7.77. The van der Waals surface area contributed by atoms with Crippen LogP contribution in [0.1, 0.15) is 27.4 Å². The van der Waals surface area contributed by atoms with Gasteiger partial charge in [0.2, 0.25) is 0 Å². The van der Waals surface area contributed by atoms with Crippen LogP contribution in [0.25, 0.3) is 0 Å². The Balaban J connectivity index is 1.42. The molecule has 0 atom stereocenters. The van der Waals surface area contributed by atoms with E-state index >= 15 is 0 Å². The Morgan fingerprint density at radius 1 is 1.06 bits per heavy atom. The predicted octanol–water partition coefficient (Wildman–Crippen LogP) is 4.97. The van der Waals surface area contributed by atoms with Crippen LogP contribution in [-0.4, -0.2) is 25.5 Å². The third-order valence-electron chi connectivity index (χ3n) is 5.01. The van der Waals surface area contributed by atoms with E-state index in [2.05, 4.69) is 15.5 Å². The Hall–Kier alpha value is -3.72. The van der Waals surface area contributed by atoms with Crippen LogP contribution in [0.2, 0.25) is 5.02 Å². The molecule has 2 aromatic heterocycles. The molecule has 2 heterocycles. The Morgan fingerprint density at radius 3 is 2.52 bits per heavy atom. The number of carbonyl (C=O) groups excluding carboxylic acids is 1. The molecule has 2 aromatic carbocycles. The average Bonchev–Trinajstić information content (AvgIpc) is 3.36. The monoisotopic (exact) mass is 471 g/mol. The lowest BCUT2D eigenvalue weighted by molar-refractivity contribution is 0.102. The molecule has 10 heteroatoms. The molecule has 7 nitrogen and oxygen atoms in total. The van der Waals surface area contributed by atoms with Gasteiger partial charge in [0, 0.05) is 11.2 Å². The van der Waals surface area contributed by atoms with Crippen molar-refractivity contribution in [3.63, 3.8) is 0 Å². The molecule has 0 unspecified atom stereocenters. The molecular weight excluding hydrogens is 452 g/mol. The summed E-state index contributed by atoms with van der Waals surface area (Å²) in [6.45, 7) is 3.99. The highest BCUT2D eigenvalue weighted by Gasteiger charge is 2.18. The molecule has 0 radical (unpaired) electrons. The van der Waals surface area contributed by atoms with Crippen molar-refractivity contribution in [1.82, 2.24) is 19.6 Å². The number of ether oxygens (including phenoxy) is 1.